The van der Waals surface area contributed by atoms with E-state index in [9.17, 15) is 18.7 Å². The molecule has 0 saturated carbocycles. The van der Waals surface area contributed by atoms with Crippen molar-refractivity contribution < 1.29 is 18.7 Å². The highest BCUT2D eigenvalue weighted by atomic mass is 19.1. The Hall–Kier alpha value is -2.41. The van der Waals surface area contributed by atoms with Crippen molar-refractivity contribution in [2.45, 2.75) is 45.6 Å². The normalized spacial score (nSPS) is 16.8. The molecule has 3 rings (SSSR count). The van der Waals surface area contributed by atoms with Crippen molar-refractivity contribution in [1.82, 2.24) is 15.1 Å². The Morgan fingerprint density at radius 3 is 2.36 bits per heavy atom. The molecule has 1 aromatic carbocycles. The summed E-state index contributed by atoms with van der Waals surface area (Å²) in [5.41, 5.74) is 0.115. The Morgan fingerprint density at radius 1 is 1.29 bits per heavy atom. The molecule has 150 valence electrons. The maximum Gasteiger partial charge on any atom is 0.235 e. The van der Waals surface area contributed by atoms with Gasteiger partial charge in [0.15, 0.2) is 0 Å². The molecule has 1 amide bonds. The van der Waals surface area contributed by atoms with E-state index in [2.05, 4.69) is 10.2 Å². The molecule has 1 fully saturated rings. The second kappa shape index (κ2) is 7.54. The molecule has 1 saturated heterocycles. The number of carbonyl (C=O) groups is 1. The van der Waals surface area contributed by atoms with E-state index in [-0.39, 0.29) is 23.1 Å². The average molecular weight is 389 g/mol. The van der Waals surface area contributed by atoms with E-state index >= 15 is 0 Å². The third kappa shape index (κ3) is 3.17. The van der Waals surface area contributed by atoms with Crippen molar-refractivity contribution in [3.05, 3.63) is 47.2 Å². The molecule has 1 aliphatic rings. The van der Waals surface area contributed by atoms with Gasteiger partial charge in [0.2, 0.25) is 5.91 Å². The number of rotatable bonds is 5. The quantitative estimate of drug-likeness (QED) is 0.853. The smallest absolute Gasteiger partial charge is 0.235 e. The number of halogens is 2. The number of likely N-dealkylation sites (tertiary alicyclic amines) is 1. The van der Waals surface area contributed by atoms with Gasteiger partial charge in [0, 0.05) is 13.1 Å². The molecule has 0 spiro atoms. The van der Waals surface area contributed by atoms with Gasteiger partial charge in [-0.2, -0.15) is 5.10 Å². The Kier molecular flexibility index (Phi) is 5.48. The van der Waals surface area contributed by atoms with Crippen molar-refractivity contribution >= 4 is 5.91 Å². The van der Waals surface area contributed by atoms with Gasteiger partial charge < -0.3 is 10.0 Å². The first-order valence-electron chi connectivity index (χ1n) is 9.49. The van der Waals surface area contributed by atoms with Crippen molar-refractivity contribution in [2.24, 2.45) is 5.92 Å². The first-order chi connectivity index (χ1) is 13.2. The minimum atomic E-state index is -0.913. The minimum Gasteiger partial charge on any atom is -0.389 e. The molecular weight excluding hydrogens is 364 g/mol. The van der Waals surface area contributed by atoms with E-state index in [1.807, 2.05) is 20.8 Å². The van der Waals surface area contributed by atoms with Crippen molar-refractivity contribution in [2.75, 3.05) is 13.1 Å². The number of amides is 1. The molecule has 7 heteroatoms. The van der Waals surface area contributed by atoms with Crippen molar-refractivity contribution in [3.8, 4) is 11.3 Å². The summed E-state index contributed by atoms with van der Waals surface area (Å²) >= 11 is 0. The summed E-state index contributed by atoms with van der Waals surface area (Å²) in [6, 6.07) is 5.22. The molecule has 1 aliphatic heterocycles. The van der Waals surface area contributed by atoms with Crippen LogP contribution in [0.2, 0.25) is 0 Å². The first kappa shape index (κ1) is 20.3. The lowest BCUT2D eigenvalue weighted by molar-refractivity contribution is -0.150. The van der Waals surface area contributed by atoms with Gasteiger partial charge in [-0.25, -0.2) is 8.78 Å². The molecule has 0 radical (unpaired) electrons. The zero-order valence-electron chi connectivity index (χ0n) is 16.5. The van der Waals surface area contributed by atoms with Crippen molar-refractivity contribution in [1.29, 1.82) is 0 Å². The third-order valence-electron chi connectivity index (χ3n) is 5.70. The van der Waals surface area contributed by atoms with Crippen LogP contribution >= 0.6 is 0 Å². The summed E-state index contributed by atoms with van der Waals surface area (Å²) in [6.07, 6.45) is 0.00297. The maximum absolute atomic E-state index is 14.1. The lowest BCUT2D eigenvalue weighted by Gasteiger charge is -2.44. The summed E-state index contributed by atoms with van der Waals surface area (Å²) < 4.78 is 28.3. The fraction of sp³-hybridized carbons (Fsp3) is 0.476. The summed E-state index contributed by atoms with van der Waals surface area (Å²) in [7, 11) is 0. The number of aliphatic hydroxyl groups excluding tert-OH is 1. The molecule has 0 bridgehead atoms. The number of benzene rings is 1. The monoisotopic (exact) mass is 389 g/mol. The second-order valence-electron chi connectivity index (χ2n) is 7.70. The van der Waals surface area contributed by atoms with E-state index in [1.54, 1.807) is 17.9 Å². The fourth-order valence-electron chi connectivity index (χ4n) is 4.04. The summed E-state index contributed by atoms with van der Waals surface area (Å²) in [5, 5.41) is 18.0. The molecule has 28 heavy (non-hydrogen) atoms. The lowest BCUT2D eigenvalue weighted by Crippen LogP contribution is -2.60. The first-order valence-corrected chi connectivity index (χ1v) is 9.49. The Bertz CT molecular complexity index is 877. The second-order valence-corrected chi connectivity index (χ2v) is 7.70. The third-order valence-corrected chi connectivity index (χ3v) is 5.70. The zero-order valence-corrected chi connectivity index (χ0v) is 16.5. The average Bonchev–Trinajstić information content (AvgIpc) is 2.61. The van der Waals surface area contributed by atoms with Crippen LogP contribution < -0.4 is 0 Å². The van der Waals surface area contributed by atoms with Crippen LogP contribution in [0.4, 0.5) is 8.78 Å². The van der Waals surface area contributed by atoms with Gasteiger partial charge in [0.1, 0.15) is 11.6 Å². The highest BCUT2D eigenvalue weighted by Crippen LogP contribution is 2.40. The highest BCUT2D eigenvalue weighted by molar-refractivity contribution is 5.89. The summed E-state index contributed by atoms with van der Waals surface area (Å²) in [4.78, 5) is 14.9. The molecule has 2 aromatic rings. The number of hydrogen-bond acceptors (Lipinski definition) is 4. The Morgan fingerprint density at radius 2 is 1.89 bits per heavy atom. The van der Waals surface area contributed by atoms with E-state index in [0.29, 0.717) is 30.8 Å². The minimum absolute atomic E-state index is 0.0770. The largest absolute Gasteiger partial charge is 0.389 e. The van der Waals surface area contributed by atoms with Crippen molar-refractivity contribution in [3.63, 3.8) is 0 Å². The lowest BCUT2D eigenvalue weighted by atomic mass is 9.69. The fourth-order valence-corrected chi connectivity index (χ4v) is 4.04. The predicted molar refractivity (Wildman–Crippen MR) is 102 cm³/mol. The molecule has 0 aliphatic carbocycles. The van der Waals surface area contributed by atoms with Crippen LogP contribution in [0.15, 0.2) is 24.3 Å². The highest BCUT2D eigenvalue weighted by Gasteiger charge is 2.49. The molecular formula is C21H25F2N3O2. The van der Waals surface area contributed by atoms with Crippen LogP contribution in [0.1, 0.15) is 38.4 Å². The van der Waals surface area contributed by atoms with Crippen LogP contribution in [0.25, 0.3) is 11.3 Å². The maximum atomic E-state index is 14.1. The predicted octanol–water partition coefficient (Wildman–Crippen LogP) is 3.24. The number of carbonyl (C=O) groups excluding carboxylic acids is 1. The number of β-amino-alcohol motifs (C(OH)–C–C–N with tert-alkyl or cyclic N) is 1. The molecule has 0 unspecified atom stereocenters. The van der Waals surface area contributed by atoms with Gasteiger partial charge >= 0.3 is 0 Å². The van der Waals surface area contributed by atoms with E-state index in [1.165, 1.54) is 18.2 Å². The molecule has 1 aromatic heterocycles. The standard InChI is InChI=1S/C21H25F2N3O2/c1-5-21(12(2)3,20(28)26-10-14(27)11-26)19-13(4)9-17(24-25-19)18-15(22)7-6-8-16(18)23/h6-9,12,14,27H,5,10-11H2,1-4H3/t21-/m0/s1. The van der Waals surface area contributed by atoms with Gasteiger partial charge in [-0.05, 0) is 43.0 Å². The van der Waals surface area contributed by atoms with Crippen LogP contribution in [-0.4, -0.2) is 45.3 Å². The van der Waals surface area contributed by atoms with Gasteiger partial charge in [-0.15, -0.1) is 5.10 Å². The Labute approximate surface area is 163 Å². The molecule has 5 nitrogen and oxygen atoms in total. The van der Waals surface area contributed by atoms with E-state index in [4.69, 9.17) is 0 Å². The van der Waals surface area contributed by atoms with Gasteiger partial charge in [0.05, 0.1) is 28.5 Å². The topological polar surface area (TPSA) is 66.3 Å². The number of aromatic nitrogens is 2. The van der Waals surface area contributed by atoms with Crippen LogP contribution in [-0.2, 0) is 10.2 Å². The van der Waals surface area contributed by atoms with E-state index < -0.39 is 23.2 Å². The van der Waals surface area contributed by atoms with Gasteiger partial charge in [0.25, 0.3) is 0 Å². The van der Waals surface area contributed by atoms with Gasteiger partial charge in [-0.3, -0.25) is 4.79 Å². The van der Waals surface area contributed by atoms with E-state index in [0.717, 1.165) is 0 Å². The molecule has 1 N–H and O–H groups in total. The summed E-state index contributed by atoms with van der Waals surface area (Å²) in [5.74, 6) is -1.60. The number of hydrogen-bond donors (Lipinski definition) is 1. The van der Waals surface area contributed by atoms with Crippen LogP contribution in [0.5, 0.6) is 0 Å². The zero-order chi connectivity index (χ0) is 20.6. The van der Waals surface area contributed by atoms with Crippen LogP contribution in [0, 0.1) is 24.5 Å². The summed E-state index contributed by atoms with van der Waals surface area (Å²) in [6.45, 7) is 8.19. The number of nitrogens with zero attached hydrogens (tertiary/aromatic N) is 3. The number of aliphatic hydroxyl groups is 1. The number of aryl methyl sites for hydroxylation is 1. The molecule has 2 heterocycles. The van der Waals surface area contributed by atoms with Crippen LogP contribution in [0.3, 0.4) is 0 Å². The molecule has 1 atom stereocenters. The Balaban J connectivity index is 2.08. The van der Waals surface area contributed by atoms with Gasteiger partial charge in [-0.1, -0.05) is 26.8 Å². The SMILES string of the molecule is CC[C@@](C(=O)N1CC(O)C1)(c1nnc(-c2c(F)cccc2F)cc1C)C(C)C.